The molecule has 0 saturated carbocycles. The fraction of sp³-hybridized carbons (Fsp3) is 0.132. The van der Waals surface area contributed by atoms with E-state index in [0.717, 1.165) is 50.2 Å². The Morgan fingerprint density at radius 3 is 2.25 bits per heavy atom. The maximum atomic E-state index is 10.7. The van der Waals surface area contributed by atoms with Crippen molar-refractivity contribution in [3.05, 3.63) is 127 Å². The molecule has 3 heterocycles. The van der Waals surface area contributed by atoms with E-state index in [1.54, 1.807) is 12.3 Å². The molecule has 3 aromatic heterocycles. The Labute approximate surface area is 271 Å². The van der Waals surface area contributed by atoms with Crippen molar-refractivity contribution in [2.75, 3.05) is 0 Å². The number of imidazole rings is 1. The van der Waals surface area contributed by atoms with Crippen molar-refractivity contribution in [3.63, 3.8) is 0 Å². The van der Waals surface area contributed by atoms with Gasteiger partial charge in [0, 0.05) is 55.8 Å². The van der Waals surface area contributed by atoms with Gasteiger partial charge in [-0.3, -0.25) is 9.97 Å². The summed E-state index contributed by atoms with van der Waals surface area (Å²) in [7, 11) is 0. The normalized spacial score (nSPS) is 11.5. The third-order valence-corrected chi connectivity index (χ3v) is 7.91. The van der Waals surface area contributed by atoms with Crippen LogP contribution in [0.25, 0.3) is 61.4 Å². The first-order chi connectivity index (χ1) is 20.8. The summed E-state index contributed by atoms with van der Waals surface area (Å²) in [5.41, 5.74) is 10.1. The number of para-hydroxylation sites is 1. The molecule has 0 bridgehead atoms. The fourth-order valence-corrected chi connectivity index (χ4v) is 5.73. The molecule has 44 heavy (non-hydrogen) atoms. The van der Waals surface area contributed by atoms with Crippen molar-refractivity contribution >= 4 is 22.1 Å². The molecule has 0 atom stereocenters. The van der Waals surface area contributed by atoms with Crippen LogP contribution in [0.15, 0.2) is 109 Å². The van der Waals surface area contributed by atoms with Crippen LogP contribution in [-0.2, 0) is 26.5 Å². The summed E-state index contributed by atoms with van der Waals surface area (Å²) in [5, 5.41) is 11.8. The molecule has 0 radical (unpaired) electrons. The molecule has 0 saturated heterocycles. The van der Waals surface area contributed by atoms with Crippen molar-refractivity contribution in [1.82, 2.24) is 19.5 Å². The average Bonchev–Trinajstić information content (AvgIpc) is 3.41. The van der Waals surface area contributed by atoms with Crippen molar-refractivity contribution in [2.45, 2.75) is 33.1 Å². The predicted octanol–water partition coefficient (Wildman–Crippen LogP) is 9.08. The Morgan fingerprint density at radius 2 is 1.48 bits per heavy atom. The van der Waals surface area contributed by atoms with Crippen molar-refractivity contribution in [3.8, 4) is 45.1 Å². The number of hydrogen-bond acceptors (Lipinski definition) is 4. The van der Waals surface area contributed by atoms with Gasteiger partial charge in [0.25, 0.3) is 0 Å². The number of aryl methyl sites for hydroxylation is 1. The minimum atomic E-state index is 0. The van der Waals surface area contributed by atoms with E-state index >= 15 is 0 Å². The summed E-state index contributed by atoms with van der Waals surface area (Å²) in [6.45, 7) is 8.74. The number of benzene rings is 4. The molecular formula is C38H31N4OPt-. The van der Waals surface area contributed by atoms with Gasteiger partial charge in [-0.15, -0.1) is 29.8 Å². The summed E-state index contributed by atoms with van der Waals surface area (Å²) in [6.07, 6.45) is 3.61. The van der Waals surface area contributed by atoms with Gasteiger partial charge in [-0.25, -0.2) is 4.98 Å². The molecular weight excluding hydrogens is 724 g/mol. The second-order valence-electron chi connectivity index (χ2n) is 12.0. The van der Waals surface area contributed by atoms with Gasteiger partial charge in [-0.1, -0.05) is 86.0 Å². The molecule has 0 aliphatic carbocycles. The van der Waals surface area contributed by atoms with Crippen LogP contribution in [-0.4, -0.2) is 24.6 Å². The minimum Gasteiger partial charge on any atom is -0.507 e. The van der Waals surface area contributed by atoms with E-state index in [4.69, 9.17) is 15.0 Å². The zero-order valence-electron chi connectivity index (χ0n) is 24.9. The van der Waals surface area contributed by atoms with Crippen LogP contribution in [0.5, 0.6) is 5.75 Å². The predicted molar refractivity (Wildman–Crippen MR) is 174 cm³/mol. The quantitative estimate of drug-likeness (QED) is 0.182. The van der Waals surface area contributed by atoms with E-state index < -0.39 is 0 Å². The first-order valence-electron chi connectivity index (χ1n) is 14.4. The smallest absolute Gasteiger partial charge is 0.157 e. The number of nitrogens with zero attached hydrogens (tertiary/aromatic N) is 4. The Bertz CT molecular complexity index is 2140. The van der Waals surface area contributed by atoms with E-state index in [1.165, 1.54) is 5.56 Å². The Balaban J connectivity index is 0.00000343. The third-order valence-electron chi connectivity index (χ3n) is 7.91. The Kier molecular flexibility index (Phi) is 7.69. The topological polar surface area (TPSA) is 63.8 Å². The average molecular weight is 755 g/mol. The van der Waals surface area contributed by atoms with Gasteiger partial charge in [-0.2, -0.15) is 0 Å². The van der Waals surface area contributed by atoms with Gasteiger partial charge in [-0.05, 0) is 53.6 Å². The fourth-order valence-electron chi connectivity index (χ4n) is 5.73. The first kappa shape index (κ1) is 29.5. The maximum absolute atomic E-state index is 10.7. The number of aromatic hydroxyl groups is 1. The summed E-state index contributed by atoms with van der Waals surface area (Å²) in [5.74, 6) is 0.925. The zero-order chi connectivity index (χ0) is 29.7. The van der Waals surface area contributed by atoms with Crippen molar-refractivity contribution < 1.29 is 26.2 Å². The van der Waals surface area contributed by atoms with Crippen molar-refractivity contribution in [1.29, 1.82) is 0 Å². The minimum absolute atomic E-state index is 0. The molecule has 0 aliphatic heterocycles. The van der Waals surface area contributed by atoms with Crippen LogP contribution in [0.3, 0.4) is 0 Å². The Hall–Kier alpha value is -4.60. The first-order valence-corrected chi connectivity index (χ1v) is 14.4. The molecule has 0 amide bonds. The van der Waals surface area contributed by atoms with Gasteiger partial charge in [0.05, 0.1) is 5.82 Å². The number of fused-ring (bicyclic) bond motifs is 2. The molecule has 6 heteroatoms. The van der Waals surface area contributed by atoms with E-state index in [9.17, 15) is 5.11 Å². The summed E-state index contributed by atoms with van der Waals surface area (Å²) < 4.78 is 2.09. The van der Waals surface area contributed by atoms with E-state index in [0.29, 0.717) is 16.7 Å². The molecule has 220 valence electrons. The van der Waals surface area contributed by atoms with Gasteiger partial charge in [0.15, 0.2) is 5.65 Å². The number of phenolic OH excluding ortho intramolecular Hbond substituents is 1. The van der Waals surface area contributed by atoms with E-state index in [2.05, 4.69) is 86.9 Å². The molecule has 0 unspecified atom stereocenters. The van der Waals surface area contributed by atoms with Gasteiger partial charge >= 0.3 is 0 Å². The van der Waals surface area contributed by atoms with E-state index in [1.807, 2.05) is 48.7 Å². The number of rotatable bonds is 4. The van der Waals surface area contributed by atoms with Crippen LogP contribution in [0.1, 0.15) is 31.9 Å². The molecule has 7 aromatic rings. The Morgan fingerprint density at radius 1 is 0.705 bits per heavy atom. The summed E-state index contributed by atoms with van der Waals surface area (Å²) >= 11 is 0. The number of aromatic nitrogens is 4. The van der Waals surface area contributed by atoms with Gasteiger partial charge in [0.1, 0.15) is 11.3 Å². The standard InChI is InChI=1S/C38H31N4O.Pt/c1-24-21-26-11-8-19-39-34(26)32(22-24)25-9-7-10-27(23-25)36-41-35-31(30-12-5-6-13-33(30)43)18-20-40-37(35)42(36)29-16-14-28(15-17-29)38(2,3)4;/h5-22,43H,1-4H3;/q-1;. The van der Waals surface area contributed by atoms with Crippen LogP contribution in [0, 0.1) is 13.0 Å². The number of pyridine rings is 2. The molecule has 7 rings (SSSR count). The largest absolute Gasteiger partial charge is 0.507 e. The van der Waals surface area contributed by atoms with Crippen molar-refractivity contribution in [2.24, 2.45) is 0 Å². The molecule has 0 spiro atoms. The van der Waals surface area contributed by atoms with E-state index in [-0.39, 0.29) is 32.2 Å². The van der Waals surface area contributed by atoms with Crippen LogP contribution in [0.4, 0.5) is 0 Å². The molecule has 4 aromatic carbocycles. The van der Waals surface area contributed by atoms with Gasteiger partial charge < -0.3 is 9.67 Å². The van der Waals surface area contributed by atoms with Crippen LogP contribution < -0.4 is 0 Å². The molecule has 1 N–H and O–H groups in total. The molecule has 0 fully saturated rings. The number of hydrogen-bond donors (Lipinski definition) is 1. The SMILES string of the molecule is Cc1cc(-c2[c-]c(-c3nc4c(-c5ccccc5O)ccnc4n3-c3ccc(C(C)(C)C)cc3)ccc2)c2ncccc2c1.[Pt]. The second-order valence-corrected chi connectivity index (χ2v) is 12.0. The maximum Gasteiger partial charge on any atom is 0.157 e. The second kappa shape index (κ2) is 11.5. The third kappa shape index (κ3) is 5.22. The summed E-state index contributed by atoms with van der Waals surface area (Å²) in [6, 6.07) is 36.0. The van der Waals surface area contributed by atoms with Crippen LogP contribution >= 0.6 is 0 Å². The molecule has 5 nitrogen and oxygen atoms in total. The van der Waals surface area contributed by atoms with Gasteiger partial charge in [0.2, 0.25) is 0 Å². The van der Waals surface area contributed by atoms with Crippen LogP contribution in [0.2, 0.25) is 0 Å². The number of phenols is 1. The molecule has 0 aliphatic rings. The zero-order valence-corrected chi connectivity index (χ0v) is 27.2. The summed E-state index contributed by atoms with van der Waals surface area (Å²) in [4.78, 5) is 14.7. The monoisotopic (exact) mass is 754 g/mol.